The maximum absolute atomic E-state index is 12.1. The van der Waals surface area contributed by atoms with Crippen LogP contribution >= 0.6 is 0 Å². The lowest BCUT2D eigenvalue weighted by atomic mass is 10.1. The van der Waals surface area contributed by atoms with Crippen LogP contribution < -0.4 is 10.1 Å². The standard InChI is InChI=1S/C15H20N4O4/c1-22-14-8-10(23-18-14)2-5-13(20)17-11-3-4-12(15(11)21)19-7-6-16-9-19/h6-9,11-12,15,21H,2-5H2,1H3,(H,17,20)/t11-,12-,15-/m1/s1. The summed E-state index contributed by atoms with van der Waals surface area (Å²) >= 11 is 0. The van der Waals surface area contributed by atoms with Crippen LogP contribution in [-0.4, -0.2) is 45.0 Å². The predicted molar refractivity (Wildman–Crippen MR) is 79.8 cm³/mol. The molecule has 1 fully saturated rings. The summed E-state index contributed by atoms with van der Waals surface area (Å²) in [6, 6.07) is 1.38. The minimum absolute atomic E-state index is 0.0404. The maximum atomic E-state index is 12.1. The van der Waals surface area contributed by atoms with Crippen LogP contribution in [0.15, 0.2) is 29.3 Å². The minimum atomic E-state index is -0.612. The number of aliphatic hydroxyl groups is 1. The summed E-state index contributed by atoms with van der Waals surface area (Å²) in [5.41, 5.74) is 0. The molecule has 8 heteroatoms. The van der Waals surface area contributed by atoms with Gasteiger partial charge in [0.25, 0.3) is 5.88 Å². The molecule has 1 saturated carbocycles. The highest BCUT2D eigenvalue weighted by Gasteiger charge is 2.36. The van der Waals surface area contributed by atoms with Gasteiger partial charge in [0.1, 0.15) is 5.76 Å². The molecule has 1 amide bonds. The minimum Gasteiger partial charge on any atom is -0.479 e. The Kier molecular flexibility index (Phi) is 4.61. The van der Waals surface area contributed by atoms with E-state index in [0.717, 1.165) is 12.8 Å². The SMILES string of the molecule is COc1cc(CCC(=O)N[C@@H]2CC[C@@H](n3ccnc3)[C@@H]2O)on1. The van der Waals surface area contributed by atoms with Crippen molar-refractivity contribution >= 4 is 5.91 Å². The molecule has 2 aromatic heterocycles. The van der Waals surface area contributed by atoms with Crippen LogP contribution in [0.4, 0.5) is 0 Å². The summed E-state index contributed by atoms with van der Waals surface area (Å²) in [6.45, 7) is 0. The van der Waals surface area contributed by atoms with Gasteiger partial charge in [0.15, 0.2) is 0 Å². The Morgan fingerprint density at radius 3 is 3.13 bits per heavy atom. The molecule has 2 heterocycles. The molecule has 0 aliphatic heterocycles. The topological polar surface area (TPSA) is 102 Å². The number of nitrogens with one attached hydrogen (secondary N) is 1. The van der Waals surface area contributed by atoms with Crippen LogP contribution in [0.25, 0.3) is 0 Å². The van der Waals surface area contributed by atoms with Crippen LogP contribution in [0.5, 0.6) is 5.88 Å². The number of aliphatic hydroxyl groups excluding tert-OH is 1. The van der Waals surface area contributed by atoms with Crippen molar-refractivity contribution in [2.24, 2.45) is 0 Å². The van der Waals surface area contributed by atoms with Gasteiger partial charge < -0.3 is 24.3 Å². The van der Waals surface area contributed by atoms with Crippen molar-refractivity contribution in [3.05, 3.63) is 30.5 Å². The van der Waals surface area contributed by atoms with E-state index >= 15 is 0 Å². The number of methoxy groups -OCH3 is 1. The van der Waals surface area contributed by atoms with E-state index in [2.05, 4.69) is 15.5 Å². The third-order valence-corrected chi connectivity index (χ3v) is 4.18. The molecule has 2 N–H and O–H groups in total. The summed E-state index contributed by atoms with van der Waals surface area (Å²) < 4.78 is 11.9. The van der Waals surface area contributed by atoms with Gasteiger partial charge in [-0.1, -0.05) is 0 Å². The Hall–Kier alpha value is -2.35. The average Bonchev–Trinajstić information content (AvgIpc) is 3.27. The molecule has 124 valence electrons. The summed E-state index contributed by atoms with van der Waals surface area (Å²) in [6.07, 6.45) is 6.86. The van der Waals surface area contributed by atoms with Crippen molar-refractivity contribution in [1.82, 2.24) is 20.0 Å². The second kappa shape index (κ2) is 6.82. The van der Waals surface area contributed by atoms with Gasteiger partial charge in [-0.15, -0.1) is 0 Å². The first-order valence-corrected chi connectivity index (χ1v) is 7.62. The summed E-state index contributed by atoms with van der Waals surface area (Å²) in [4.78, 5) is 16.0. The highest BCUT2D eigenvalue weighted by atomic mass is 16.5. The van der Waals surface area contributed by atoms with E-state index in [-0.39, 0.29) is 24.4 Å². The van der Waals surface area contributed by atoms with E-state index in [1.54, 1.807) is 18.6 Å². The quantitative estimate of drug-likeness (QED) is 0.812. The van der Waals surface area contributed by atoms with Crippen LogP contribution in [0.1, 0.15) is 31.1 Å². The van der Waals surface area contributed by atoms with Crippen molar-refractivity contribution in [2.45, 2.75) is 43.9 Å². The molecule has 0 bridgehead atoms. The Labute approximate surface area is 133 Å². The fraction of sp³-hybridized carbons (Fsp3) is 0.533. The first-order chi connectivity index (χ1) is 11.2. The Balaban J connectivity index is 1.48. The number of rotatable bonds is 6. The lowest BCUT2D eigenvalue weighted by Gasteiger charge is -2.21. The van der Waals surface area contributed by atoms with Crippen LogP contribution in [0.3, 0.4) is 0 Å². The van der Waals surface area contributed by atoms with Gasteiger partial charge in [-0.05, 0) is 18.0 Å². The molecule has 0 radical (unpaired) electrons. The zero-order valence-electron chi connectivity index (χ0n) is 12.9. The number of hydrogen-bond donors (Lipinski definition) is 2. The number of imidazole rings is 1. The molecule has 0 spiro atoms. The smallest absolute Gasteiger partial charge is 0.254 e. The molecule has 0 saturated heterocycles. The number of nitrogens with zero attached hydrogens (tertiary/aromatic N) is 3. The molecule has 8 nitrogen and oxygen atoms in total. The molecular formula is C15H20N4O4. The number of carbonyl (C=O) groups is 1. The van der Waals surface area contributed by atoms with Gasteiger partial charge in [-0.25, -0.2) is 4.98 Å². The lowest BCUT2D eigenvalue weighted by Crippen LogP contribution is -2.42. The maximum Gasteiger partial charge on any atom is 0.254 e. The van der Waals surface area contributed by atoms with Gasteiger partial charge >= 0.3 is 0 Å². The number of carbonyl (C=O) groups excluding carboxylic acids is 1. The van der Waals surface area contributed by atoms with E-state index < -0.39 is 6.10 Å². The number of aromatic nitrogens is 3. The van der Waals surface area contributed by atoms with Crippen LogP contribution in [0.2, 0.25) is 0 Å². The van der Waals surface area contributed by atoms with Gasteiger partial charge in [-0.3, -0.25) is 4.79 Å². The van der Waals surface area contributed by atoms with E-state index in [1.165, 1.54) is 7.11 Å². The highest BCUT2D eigenvalue weighted by Crippen LogP contribution is 2.30. The zero-order chi connectivity index (χ0) is 16.2. The Morgan fingerprint density at radius 2 is 2.43 bits per heavy atom. The van der Waals surface area contributed by atoms with Gasteiger partial charge in [-0.2, -0.15) is 0 Å². The third-order valence-electron chi connectivity index (χ3n) is 4.18. The molecule has 0 unspecified atom stereocenters. The van der Waals surface area contributed by atoms with Crippen LogP contribution in [-0.2, 0) is 11.2 Å². The average molecular weight is 320 g/mol. The second-order valence-corrected chi connectivity index (χ2v) is 5.65. The first kappa shape index (κ1) is 15.5. The number of amides is 1. The van der Waals surface area contributed by atoms with E-state index in [1.807, 2.05) is 10.8 Å². The molecule has 1 aliphatic carbocycles. The summed E-state index contributed by atoms with van der Waals surface area (Å²) in [5.74, 6) is 0.880. The first-order valence-electron chi connectivity index (χ1n) is 7.62. The Morgan fingerprint density at radius 1 is 1.57 bits per heavy atom. The summed E-state index contributed by atoms with van der Waals surface area (Å²) in [7, 11) is 1.51. The van der Waals surface area contributed by atoms with Crippen molar-refractivity contribution in [3.63, 3.8) is 0 Å². The molecule has 23 heavy (non-hydrogen) atoms. The van der Waals surface area contributed by atoms with Crippen molar-refractivity contribution < 1.29 is 19.2 Å². The van der Waals surface area contributed by atoms with Gasteiger partial charge in [0.05, 0.1) is 31.6 Å². The number of hydrogen-bond acceptors (Lipinski definition) is 6. The van der Waals surface area contributed by atoms with E-state index in [0.29, 0.717) is 18.1 Å². The van der Waals surface area contributed by atoms with Crippen molar-refractivity contribution in [2.75, 3.05) is 7.11 Å². The lowest BCUT2D eigenvalue weighted by molar-refractivity contribution is -0.122. The van der Waals surface area contributed by atoms with Gasteiger partial charge in [0.2, 0.25) is 5.91 Å². The monoisotopic (exact) mass is 320 g/mol. The van der Waals surface area contributed by atoms with E-state index in [9.17, 15) is 9.90 Å². The second-order valence-electron chi connectivity index (χ2n) is 5.65. The van der Waals surface area contributed by atoms with Gasteiger partial charge in [0, 0.05) is 31.3 Å². The summed E-state index contributed by atoms with van der Waals surface area (Å²) in [5, 5.41) is 17.0. The van der Waals surface area contributed by atoms with Crippen molar-refractivity contribution in [3.8, 4) is 5.88 Å². The highest BCUT2D eigenvalue weighted by molar-refractivity contribution is 5.76. The fourth-order valence-corrected chi connectivity index (χ4v) is 2.93. The normalized spacial score (nSPS) is 23.8. The Bertz CT molecular complexity index is 640. The van der Waals surface area contributed by atoms with Crippen LogP contribution in [0, 0.1) is 0 Å². The predicted octanol–water partition coefficient (Wildman–Crippen LogP) is 0.693. The third kappa shape index (κ3) is 3.53. The largest absolute Gasteiger partial charge is 0.479 e. The molecule has 3 rings (SSSR count). The number of aryl methyl sites for hydroxylation is 1. The molecular weight excluding hydrogens is 300 g/mol. The fourth-order valence-electron chi connectivity index (χ4n) is 2.93. The van der Waals surface area contributed by atoms with Crippen molar-refractivity contribution in [1.29, 1.82) is 0 Å². The molecule has 3 atom stereocenters. The van der Waals surface area contributed by atoms with E-state index in [4.69, 9.17) is 9.26 Å². The zero-order valence-corrected chi connectivity index (χ0v) is 12.9. The molecule has 1 aliphatic rings. The molecule has 2 aromatic rings. The molecule has 0 aromatic carbocycles. The number of ether oxygens (including phenoxy) is 1.